The van der Waals surface area contributed by atoms with Gasteiger partial charge in [0.05, 0.1) is 12.7 Å². The zero-order chi connectivity index (χ0) is 8.55. The zero-order valence-corrected chi connectivity index (χ0v) is 8.05. The average molecular weight is 169 g/mol. The molecule has 2 heteroatoms. The molecule has 1 aliphatic heterocycles. The van der Waals surface area contributed by atoms with Gasteiger partial charge in [0.1, 0.15) is 0 Å². The summed E-state index contributed by atoms with van der Waals surface area (Å²) in [5.74, 6) is 1.64. The first-order valence-corrected chi connectivity index (χ1v) is 5.12. The second-order valence-corrected chi connectivity index (χ2v) is 4.44. The van der Waals surface area contributed by atoms with Crippen LogP contribution in [0.3, 0.4) is 0 Å². The van der Waals surface area contributed by atoms with Crippen LogP contribution in [0.25, 0.3) is 0 Å². The van der Waals surface area contributed by atoms with E-state index in [1.165, 1.54) is 12.8 Å². The molecule has 1 heterocycles. The van der Waals surface area contributed by atoms with Crippen LogP contribution in [-0.4, -0.2) is 25.3 Å². The van der Waals surface area contributed by atoms with Gasteiger partial charge in [-0.25, -0.2) is 0 Å². The molecular weight excluding hydrogens is 150 g/mol. The third-order valence-corrected chi connectivity index (χ3v) is 3.24. The molecule has 1 saturated heterocycles. The van der Waals surface area contributed by atoms with E-state index in [-0.39, 0.29) is 0 Å². The Balaban J connectivity index is 2.01. The normalized spacial score (nSPS) is 48.5. The number of fused-ring (bicyclic) bond motifs is 1. The summed E-state index contributed by atoms with van der Waals surface area (Å²) in [6.07, 6.45) is 3.11. The lowest BCUT2D eigenvalue weighted by Gasteiger charge is -2.42. The number of morpholine rings is 1. The molecule has 1 aliphatic carbocycles. The summed E-state index contributed by atoms with van der Waals surface area (Å²) in [5, 5.41) is 3.57. The topological polar surface area (TPSA) is 21.3 Å². The summed E-state index contributed by atoms with van der Waals surface area (Å²) in [6, 6.07) is 0.634. The predicted molar refractivity (Wildman–Crippen MR) is 49.1 cm³/mol. The van der Waals surface area contributed by atoms with Crippen molar-refractivity contribution in [2.75, 3.05) is 13.2 Å². The number of ether oxygens (including phenoxy) is 1. The fourth-order valence-electron chi connectivity index (χ4n) is 2.73. The van der Waals surface area contributed by atoms with E-state index in [4.69, 9.17) is 4.74 Å². The molecule has 70 valence electrons. The van der Waals surface area contributed by atoms with Crippen LogP contribution in [0, 0.1) is 11.8 Å². The second kappa shape index (κ2) is 3.35. The molecule has 1 N–H and O–H groups in total. The van der Waals surface area contributed by atoms with Crippen LogP contribution in [0.1, 0.15) is 26.7 Å². The minimum Gasteiger partial charge on any atom is -0.375 e. The highest BCUT2D eigenvalue weighted by molar-refractivity contribution is 4.90. The minimum absolute atomic E-state index is 0.498. The zero-order valence-electron chi connectivity index (χ0n) is 8.05. The molecular formula is C10H19NO. The molecule has 0 aromatic rings. The minimum atomic E-state index is 0.498. The van der Waals surface area contributed by atoms with Crippen LogP contribution in [0.15, 0.2) is 0 Å². The molecule has 0 bridgehead atoms. The highest BCUT2D eigenvalue weighted by Gasteiger charge is 2.35. The Labute approximate surface area is 74.7 Å². The van der Waals surface area contributed by atoms with Crippen LogP contribution in [0.4, 0.5) is 0 Å². The van der Waals surface area contributed by atoms with Gasteiger partial charge in [0.25, 0.3) is 0 Å². The smallest absolute Gasteiger partial charge is 0.0733 e. The van der Waals surface area contributed by atoms with Crippen LogP contribution in [0.5, 0.6) is 0 Å². The maximum Gasteiger partial charge on any atom is 0.0733 e. The highest BCUT2D eigenvalue weighted by atomic mass is 16.5. The van der Waals surface area contributed by atoms with Crippen molar-refractivity contribution in [3.63, 3.8) is 0 Å². The standard InChI is InChI=1S/C10H19NO/c1-7-5-8(2)10-9(6-7)12-4-3-11-10/h7-11H,3-6H2,1-2H3. The van der Waals surface area contributed by atoms with E-state index in [0.29, 0.717) is 12.1 Å². The second-order valence-electron chi connectivity index (χ2n) is 4.44. The van der Waals surface area contributed by atoms with Gasteiger partial charge in [-0.2, -0.15) is 0 Å². The van der Waals surface area contributed by atoms with Gasteiger partial charge >= 0.3 is 0 Å². The van der Waals surface area contributed by atoms with E-state index < -0.39 is 0 Å². The quantitative estimate of drug-likeness (QED) is 0.592. The largest absolute Gasteiger partial charge is 0.375 e. The maximum atomic E-state index is 5.76. The van der Waals surface area contributed by atoms with Crippen molar-refractivity contribution >= 4 is 0 Å². The Morgan fingerprint density at radius 1 is 1.25 bits per heavy atom. The first-order chi connectivity index (χ1) is 5.77. The molecule has 12 heavy (non-hydrogen) atoms. The van der Waals surface area contributed by atoms with Crippen molar-refractivity contribution in [2.24, 2.45) is 11.8 Å². The number of nitrogens with one attached hydrogen (secondary N) is 1. The Hall–Kier alpha value is -0.0800. The van der Waals surface area contributed by atoms with Gasteiger partial charge < -0.3 is 10.1 Å². The van der Waals surface area contributed by atoms with Gasteiger partial charge in [-0.3, -0.25) is 0 Å². The van der Waals surface area contributed by atoms with Crippen LogP contribution in [0.2, 0.25) is 0 Å². The molecule has 2 rings (SSSR count). The van der Waals surface area contributed by atoms with Crippen LogP contribution >= 0.6 is 0 Å². The van der Waals surface area contributed by atoms with E-state index in [1.807, 2.05) is 0 Å². The van der Waals surface area contributed by atoms with E-state index >= 15 is 0 Å². The molecule has 2 aliphatic rings. The van der Waals surface area contributed by atoms with E-state index in [2.05, 4.69) is 19.2 Å². The van der Waals surface area contributed by atoms with Crippen molar-refractivity contribution in [3.05, 3.63) is 0 Å². The lowest BCUT2D eigenvalue weighted by atomic mass is 9.77. The molecule has 0 amide bonds. The number of hydrogen-bond donors (Lipinski definition) is 1. The molecule has 0 aromatic heterocycles. The number of hydrogen-bond acceptors (Lipinski definition) is 2. The molecule has 2 fully saturated rings. The lowest BCUT2D eigenvalue weighted by molar-refractivity contribution is -0.0527. The van der Waals surface area contributed by atoms with Gasteiger partial charge in [-0.15, -0.1) is 0 Å². The number of rotatable bonds is 0. The molecule has 4 unspecified atom stereocenters. The Morgan fingerprint density at radius 3 is 2.92 bits per heavy atom. The van der Waals surface area contributed by atoms with Gasteiger partial charge in [0.2, 0.25) is 0 Å². The summed E-state index contributed by atoms with van der Waals surface area (Å²) < 4.78 is 5.76. The molecule has 0 spiro atoms. The van der Waals surface area contributed by atoms with Gasteiger partial charge in [0.15, 0.2) is 0 Å². The van der Waals surface area contributed by atoms with Crippen LogP contribution in [-0.2, 0) is 4.74 Å². The van der Waals surface area contributed by atoms with Gasteiger partial charge in [-0.05, 0) is 24.7 Å². The summed E-state index contributed by atoms with van der Waals surface area (Å²) in [4.78, 5) is 0. The monoisotopic (exact) mass is 169 g/mol. The first-order valence-electron chi connectivity index (χ1n) is 5.12. The average Bonchev–Trinajstić information content (AvgIpc) is 2.04. The Bertz CT molecular complexity index is 160. The highest BCUT2D eigenvalue weighted by Crippen LogP contribution is 2.31. The van der Waals surface area contributed by atoms with Crippen molar-refractivity contribution in [2.45, 2.75) is 38.8 Å². The first kappa shape index (κ1) is 8.52. The van der Waals surface area contributed by atoms with Crippen molar-refractivity contribution in [1.82, 2.24) is 5.32 Å². The summed E-state index contributed by atoms with van der Waals surface area (Å²) in [5.41, 5.74) is 0. The van der Waals surface area contributed by atoms with Crippen molar-refractivity contribution in [3.8, 4) is 0 Å². The van der Waals surface area contributed by atoms with Gasteiger partial charge in [-0.1, -0.05) is 13.8 Å². The van der Waals surface area contributed by atoms with E-state index in [0.717, 1.165) is 25.0 Å². The molecule has 2 nitrogen and oxygen atoms in total. The third-order valence-electron chi connectivity index (χ3n) is 3.24. The van der Waals surface area contributed by atoms with Gasteiger partial charge in [0, 0.05) is 12.6 Å². The predicted octanol–water partition coefficient (Wildman–Crippen LogP) is 1.41. The summed E-state index contributed by atoms with van der Waals surface area (Å²) in [7, 11) is 0. The lowest BCUT2D eigenvalue weighted by Crippen LogP contribution is -2.54. The fraction of sp³-hybridized carbons (Fsp3) is 1.00. The van der Waals surface area contributed by atoms with Crippen molar-refractivity contribution < 1.29 is 4.74 Å². The molecule has 4 atom stereocenters. The van der Waals surface area contributed by atoms with E-state index in [9.17, 15) is 0 Å². The summed E-state index contributed by atoms with van der Waals surface area (Å²) >= 11 is 0. The Kier molecular flexibility index (Phi) is 2.37. The molecule has 0 radical (unpaired) electrons. The maximum absolute atomic E-state index is 5.76. The van der Waals surface area contributed by atoms with Crippen molar-refractivity contribution in [1.29, 1.82) is 0 Å². The third kappa shape index (κ3) is 1.50. The Morgan fingerprint density at radius 2 is 2.08 bits per heavy atom. The molecule has 1 saturated carbocycles. The fourth-order valence-corrected chi connectivity index (χ4v) is 2.73. The van der Waals surface area contributed by atoms with E-state index in [1.54, 1.807) is 0 Å². The van der Waals surface area contributed by atoms with Crippen LogP contribution < -0.4 is 5.32 Å². The summed E-state index contributed by atoms with van der Waals surface area (Å²) in [6.45, 7) is 6.63. The molecule has 0 aromatic carbocycles. The SMILES string of the molecule is CC1CC(C)C2NCCOC2C1.